The molecule has 0 radical (unpaired) electrons. The van der Waals surface area contributed by atoms with Crippen molar-refractivity contribution in [2.24, 2.45) is 5.92 Å². The van der Waals surface area contributed by atoms with Crippen molar-refractivity contribution in [1.82, 2.24) is 4.72 Å². The number of carbonyl (C=O) groups excluding carboxylic acids is 1. The van der Waals surface area contributed by atoms with E-state index in [-0.39, 0.29) is 6.61 Å². The van der Waals surface area contributed by atoms with E-state index in [2.05, 4.69) is 11.3 Å². The summed E-state index contributed by atoms with van der Waals surface area (Å²) in [4.78, 5) is 11.6. The van der Waals surface area contributed by atoms with Gasteiger partial charge in [-0.25, -0.2) is 17.7 Å². The third-order valence-electron chi connectivity index (χ3n) is 2.27. The van der Waals surface area contributed by atoms with Gasteiger partial charge >= 0.3 is 5.97 Å². The minimum Gasteiger partial charge on any atom is -0.465 e. The van der Waals surface area contributed by atoms with Gasteiger partial charge in [0.15, 0.2) is 0 Å². The molecule has 0 aliphatic rings. The molecule has 19 heavy (non-hydrogen) atoms. The van der Waals surface area contributed by atoms with Crippen molar-refractivity contribution in [3.05, 3.63) is 12.7 Å². The quantitative estimate of drug-likeness (QED) is 0.578. The average Bonchev–Trinajstić information content (AvgIpc) is 2.27. The molecule has 0 aromatic rings. The summed E-state index contributed by atoms with van der Waals surface area (Å²) < 4.78 is 44.2. The lowest BCUT2D eigenvalue weighted by molar-refractivity contribution is -0.148. The highest BCUT2D eigenvalue weighted by atomic mass is 32.2. The topological polar surface area (TPSA) is 55.4 Å². The van der Waals surface area contributed by atoms with E-state index in [0.29, 0.717) is 0 Å². The van der Waals surface area contributed by atoms with Gasteiger partial charge in [-0.3, -0.25) is 4.79 Å². The Morgan fingerprint density at radius 3 is 2.32 bits per heavy atom. The van der Waals surface area contributed by atoms with Gasteiger partial charge < -0.3 is 4.74 Å². The number of rotatable bonds is 7. The van der Waals surface area contributed by atoms with Gasteiger partial charge in [0.05, 0.1) is 34.3 Å². The number of alkyl halides is 2. The molecular formula is C12H21F2NO3S. The summed E-state index contributed by atoms with van der Waals surface area (Å²) >= 11 is 0. The molecule has 0 saturated heterocycles. The standard InChI is InChI=1S/C12H21F2NO3S/c1-6-8(11(16)18-7-2)9(10(13)14)15-19(17)12(3,4)5/h6,8-10,15H,1,7H2,2-5H3/t8-,9+,19+/m1/s1. The molecule has 0 rings (SSSR count). The first-order valence-corrected chi connectivity index (χ1v) is 7.05. The molecule has 0 aliphatic carbocycles. The van der Waals surface area contributed by atoms with Crippen LogP contribution in [0.3, 0.4) is 0 Å². The van der Waals surface area contributed by atoms with Crippen LogP contribution in [0.1, 0.15) is 27.7 Å². The van der Waals surface area contributed by atoms with E-state index in [1.165, 1.54) is 0 Å². The molecule has 0 aromatic carbocycles. The lowest BCUT2D eigenvalue weighted by Crippen LogP contribution is -2.49. The second-order valence-electron chi connectivity index (χ2n) is 4.87. The molecular weight excluding hydrogens is 276 g/mol. The number of carbonyl (C=O) groups is 1. The van der Waals surface area contributed by atoms with Gasteiger partial charge in [-0.05, 0) is 27.7 Å². The molecule has 0 fully saturated rings. The highest BCUT2D eigenvalue weighted by Gasteiger charge is 2.36. The largest absolute Gasteiger partial charge is 0.465 e. The van der Waals surface area contributed by atoms with Crippen LogP contribution in [0.4, 0.5) is 8.78 Å². The first-order chi connectivity index (χ1) is 8.65. The molecule has 0 amide bonds. The van der Waals surface area contributed by atoms with Gasteiger partial charge in [0.2, 0.25) is 0 Å². The molecule has 4 nitrogen and oxygen atoms in total. The Morgan fingerprint density at radius 2 is 2.00 bits per heavy atom. The highest BCUT2D eigenvalue weighted by molar-refractivity contribution is 7.84. The van der Waals surface area contributed by atoms with E-state index in [0.717, 1.165) is 6.08 Å². The third kappa shape index (κ3) is 5.78. The SMILES string of the molecule is C=C[C@@H](C(=O)OCC)[C@H](N[S@@](=O)C(C)(C)C)C(F)F. The number of nitrogens with one attached hydrogen (secondary N) is 1. The zero-order valence-electron chi connectivity index (χ0n) is 11.6. The molecule has 1 N–H and O–H groups in total. The third-order valence-corrected chi connectivity index (χ3v) is 3.87. The summed E-state index contributed by atoms with van der Waals surface area (Å²) in [5, 5.41) is 0. The van der Waals surface area contributed by atoms with Crippen LogP contribution in [0.5, 0.6) is 0 Å². The van der Waals surface area contributed by atoms with Crippen molar-refractivity contribution < 1.29 is 22.5 Å². The van der Waals surface area contributed by atoms with E-state index >= 15 is 0 Å². The molecule has 0 heterocycles. The van der Waals surface area contributed by atoms with Gasteiger partial charge in [-0.1, -0.05) is 6.08 Å². The maximum Gasteiger partial charge on any atom is 0.314 e. The lowest BCUT2D eigenvalue weighted by Gasteiger charge is -2.27. The average molecular weight is 297 g/mol. The monoisotopic (exact) mass is 297 g/mol. The molecule has 0 aliphatic heterocycles. The maximum atomic E-state index is 13.0. The van der Waals surface area contributed by atoms with Crippen molar-refractivity contribution in [2.75, 3.05) is 6.61 Å². The molecule has 0 saturated carbocycles. The Bertz CT molecular complexity index is 342. The summed E-state index contributed by atoms with van der Waals surface area (Å²) in [6, 6.07) is -1.59. The number of esters is 1. The van der Waals surface area contributed by atoms with E-state index in [1.807, 2.05) is 0 Å². The minimum absolute atomic E-state index is 0.0848. The van der Waals surface area contributed by atoms with Crippen molar-refractivity contribution >= 4 is 17.0 Å². The van der Waals surface area contributed by atoms with Crippen LogP contribution in [-0.4, -0.2) is 34.0 Å². The number of hydrogen-bond donors (Lipinski definition) is 1. The molecule has 0 spiro atoms. The number of hydrogen-bond acceptors (Lipinski definition) is 3. The van der Waals surface area contributed by atoms with Crippen LogP contribution in [0.15, 0.2) is 12.7 Å². The van der Waals surface area contributed by atoms with Gasteiger partial charge in [-0.2, -0.15) is 0 Å². The number of halogens is 2. The summed E-state index contributed by atoms with van der Waals surface area (Å²) in [6.45, 7) is 9.96. The Kier molecular flexibility index (Phi) is 7.36. The van der Waals surface area contributed by atoms with E-state index in [4.69, 9.17) is 4.74 Å². The van der Waals surface area contributed by atoms with Crippen molar-refractivity contribution in [3.63, 3.8) is 0 Å². The zero-order valence-corrected chi connectivity index (χ0v) is 12.4. The number of ether oxygens (including phenoxy) is 1. The van der Waals surface area contributed by atoms with Crippen LogP contribution in [0, 0.1) is 5.92 Å². The van der Waals surface area contributed by atoms with Crippen LogP contribution < -0.4 is 4.72 Å². The molecule has 0 unspecified atom stereocenters. The minimum atomic E-state index is -2.86. The van der Waals surface area contributed by atoms with Crippen LogP contribution >= 0.6 is 0 Å². The predicted molar refractivity (Wildman–Crippen MR) is 71.1 cm³/mol. The first-order valence-electron chi connectivity index (χ1n) is 5.90. The second kappa shape index (κ2) is 7.69. The van der Waals surface area contributed by atoms with Gasteiger partial charge in [-0.15, -0.1) is 6.58 Å². The highest BCUT2D eigenvalue weighted by Crippen LogP contribution is 2.19. The Balaban J connectivity index is 5.03. The van der Waals surface area contributed by atoms with E-state index in [9.17, 15) is 17.8 Å². The van der Waals surface area contributed by atoms with Gasteiger partial charge in [0.1, 0.15) is 0 Å². The normalized spacial score (nSPS) is 16.8. The second-order valence-corrected chi connectivity index (χ2v) is 6.87. The maximum absolute atomic E-state index is 13.0. The first kappa shape index (κ1) is 18.2. The smallest absolute Gasteiger partial charge is 0.314 e. The summed E-state index contributed by atoms with van der Waals surface area (Å²) in [5.41, 5.74) is 0. The molecule has 0 aromatic heterocycles. The fourth-order valence-electron chi connectivity index (χ4n) is 1.21. The molecule has 0 bridgehead atoms. The van der Waals surface area contributed by atoms with E-state index < -0.39 is 40.1 Å². The Morgan fingerprint density at radius 1 is 1.47 bits per heavy atom. The van der Waals surface area contributed by atoms with Crippen LogP contribution in [0.25, 0.3) is 0 Å². The summed E-state index contributed by atoms with van der Waals surface area (Å²) in [7, 11) is -1.72. The molecule has 3 atom stereocenters. The summed E-state index contributed by atoms with van der Waals surface area (Å²) in [5.74, 6) is -2.05. The Labute approximate surface area is 115 Å². The van der Waals surface area contributed by atoms with Crippen LogP contribution in [0.2, 0.25) is 0 Å². The summed E-state index contributed by atoms with van der Waals surface area (Å²) in [6.07, 6.45) is -1.78. The molecule has 7 heteroatoms. The van der Waals surface area contributed by atoms with Crippen LogP contribution in [-0.2, 0) is 20.5 Å². The van der Waals surface area contributed by atoms with Crippen molar-refractivity contribution in [2.45, 2.75) is 44.9 Å². The Hall–Kier alpha value is -0.820. The molecule has 112 valence electrons. The van der Waals surface area contributed by atoms with Gasteiger partial charge in [0, 0.05) is 0 Å². The predicted octanol–water partition coefficient (Wildman–Crippen LogP) is 2.04. The fraction of sp³-hybridized carbons (Fsp3) is 0.750. The van der Waals surface area contributed by atoms with Crippen molar-refractivity contribution in [1.29, 1.82) is 0 Å². The fourth-order valence-corrected chi connectivity index (χ4v) is 2.06. The zero-order chi connectivity index (χ0) is 15.2. The van der Waals surface area contributed by atoms with Crippen molar-refractivity contribution in [3.8, 4) is 0 Å². The van der Waals surface area contributed by atoms with Gasteiger partial charge in [0.25, 0.3) is 6.43 Å². The lowest BCUT2D eigenvalue weighted by atomic mass is 10.0. The van der Waals surface area contributed by atoms with E-state index in [1.54, 1.807) is 27.7 Å².